The van der Waals surface area contributed by atoms with Gasteiger partial charge in [0.05, 0.1) is 11.8 Å². The van der Waals surface area contributed by atoms with Crippen LogP contribution in [0.15, 0.2) is 24.3 Å². The number of amides is 3. The van der Waals surface area contributed by atoms with E-state index in [1.807, 2.05) is 32.9 Å². The molecule has 0 bridgehead atoms. The van der Waals surface area contributed by atoms with Crippen LogP contribution in [0.3, 0.4) is 0 Å². The summed E-state index contributed by atoms with van der Waals surface area (Å²) in [5.74, 6) is -1.14. The molecule has 1 aliphatic rings. The molecule has 23 heavy (non-hydrogen) atoms. The molecule has 0 aromatic heterocycles. The summed E-state index contributed by atoms with van der Waals surface area (Å²) in [5, 5.41) is 2.84. The lowest BCUT2D eigenvalue weighted by Crippen LogP contribution is -2.63. The first-order chi connectivity index (χ1) is 10.7. The fraction of sp³-hybridized carbons (Fsp3) is 0.500. The molecule has 2 rings (SSSR count). The second-order valence-corrected chi connectivity index (χ2v) is 6.49. The summed E-state index contributed by atoms with van der Waals surface area (Å²) >= 11 is 0. The normalized spacial score (nSPS) is 23.0. The topological polar surface area (TPSA) is 66.5 Å². The number of hydrogen-bond donors (Lipinski definition) is 1. The third-order valence-corrected chi connectivity index (χ3v) is 4.81. The van der Waals surface area contributed by atoms with Gasteiger partial charge in [0.15, 0.2) is 0 Å². The van der Waals surface area contributed by atoms with E-state index in [2.05, 4.69) is 5.32 Å². The highest BCUT2D eigenvalue weighted by atomic mass is 16.2. The van der Waals surface area contributed by atoms with Crippen LogP contribution in [0.2, 0.25) is 0 Å². The molecular formula is C18H24N2O3. The van der Waals surface area contributed by atoms with Crippen LogP contribution in [0.25, 0.3) is 0 Å². The number of carbonyl (C=O) groups is 3. The Morgan fingerprint density at radius 2 is 1.70 bits per heavy atom. The minimum atomic E-state index is -0.455. The Kier molecular flexibility index (Phi) is 4.88. The van der Waals surface area contributed by atoms with Gasteiger partial charge in [-0.15, -0.1) is 0 Å². The van der Waals surface area contributed by atoms with Crippen LogP contribution in [0, 0.1) is 18.8 Å². The molecule has 0 unspecified atom stereocenters. The molecule has 4 atom stereocenters. The van der Waals surface area contributed by atoms with Crippen molar-refractivity contribution in [3.8, 4) is 0 Å². The van der Waals surface area contributed by atoms with Gasteiger partial charge in [0.1, 0.15) is 0 Å². The molecule has 1 saturated heterocycles. The minimum Gasteiger partial charge on any atom is -0.349 e. The summed E-state index contributed by atoms with van der Waals surface area (Å²) in [5.41, 5.74) is 1.64. The van der Waals surface area contributed by atoms with Crippen LogP contribution in [0.1, 0.15) is 43.6 Å². The predicted octanol–water partition coefficient (Wildman–Crippen LogP) is 2.14. The molecule has 1 fully saturated rings. The van der Waals surface area contributed by atoms with Gasteiger partial charge in [-0.2, -0.15) is 0 Å². The van der Waals surface area contributed by atoms with Gasteiger partial charge >= 0.3 is 0 Å². The standard InChI is InChI=1S/C18H24N2O3/c1-10-6-8-15(9-7-10)16(21)19-13(4)11(2)17(22)20-14(5)12(3)18(20)23/h6-9,11-14H,1-5H3,(H,19,21)/t11-,12-,13+,14+/m0/s1. The largest absolute Gasteiger partial charge is 0.349 e. The third kappa shape index (κ3) is 3.28. The maximum absolute atomic E-state index is 12.4. The van der Waals surface area contributed by atoms with E-state index in [4.69, 9.17) is 0 Å². The predicted molar refractivity (Wildman–Crippen MR) is 87.8 cm³/mol. The van der Waals surface area contributed by atoms with Gasteiger partial charge in [-0.25, -0.2) is 0 Å². The number of nitrogens with one attached hydrogen (secondary N) is 1. The quantitative estimate of drug-likeness (QED) is 0.866. The van der Waals surface area contributed by atoms with Crippen molar-refractivity contribution < 1.29 is 14.4 Å². The number of likely N-dealkylation sites (tertiary alicyclic amines) is 1. The van der Waals surface area contributed by atoms with Crippen LogP contribution in [0.5, 0.6) is 0 Å². The number of nitrogens with zero attached hydrogens (tertiary/aromatic N) is 1. The summed E-state index contributed by atoms with van der Waals surface area (Å²) < 4.78 is 0. The molecule has 3 amide bonds. The summed E-state index contributed by atoms with van der Waals surface area (Å²) in [6, 6.07) is 6.83. The van der Waals surface area contributed by atoms with Crippen molar-refractivity contribution in [2.75, 3.05) is 0 Å². The molecule has 5 heteroatoms. The fourth-order valence-corrected chi connectivity index (χ4v) is 2.63. The molecule has 0 saturated carbocycles. The van der Waals surface area contributed by atoms with Gasteiger partial charge in [-0.1, -0.05) is 31.5 Å². The van der Waals surface area contributed by atoms with E-state index in [0.717, 1.165) is 5.56 Å². The molecule has 1 aromatic rings. The van der Waals surface area contributed by atoms with Gasteiger partial charge in [-0.05, 0) is 32.9 Å². The lowest BCUT2D eigenvalue weighted by molar-refractivity contribution is -0.166. The first-order valence-corrected chi connectivity index (χ1v) is 7.98. The molecule has 0 radical (unpaired) electrons. The van der Waals surface area contributed by atoms with E-state index in [1.165, 1.54) is 4.90 Å². The van der Waals surface area contributed by atoms with Crippen molar-refractivity contribution in [1.29, 1.82) is 0 Å². The Bertz CT molecular complexity index is 624. The zero-order valence-corrected chi connectivity index (χ0v) is 14.3. The highest BCUT2D eigenvalue weighted by Gasteiger charge is 2.46. The van der Waals surface area contributed by atoms with Gasteiger partial charge in [0, 0.05) is 17.6 Å². The van der Waals surface area contributed by atoms with Crippen molar-refractivity contribution in [1.82, 2.24) is 10.2 Å². The molecule has 0 spiro atoms. The molecule has 1 N–H and O–H groups in total. The van der Waals surface area contributed by atoms with E-state index in [1.54, 1.807) is 26.0 Å². The average Bonchev–Trinajstić information content (AvgIpc) is 2.54. The number of imide groups is 1. The number of carbonyl (C=O) groups excluding carboxylic acids is 3. The molecule has 1 heterocycles. The minimum absolute atomic E-state index is 0.0718. The maximum Gasteiger partial charge on any atom is 0.251 e. The van der Waals surface area contributed by atoms with Crippen molar-refractivity contribution in [2.24, 2.45) is 11.8 Å². The van der Waals surface area contributed by atoms with Crippen molar-refractivity contribution in [3.05, 3.63) is 35.4 Å². The Hall–Kier alpha value is -2.17. The summed E-state index contributed by atoms with van der Waals surface area (Å²) in [4.78, 5) is 37.8. The van der Waals surface area contributed by atoms with Crippen molar-refractivity contribution in [3.63, 3.8) is 0 Å². The summed E-state index contributed by atoms with van der Waals surface area (Å²) in [7, 11) is 0. The zero-order valence-electron chi connectivity index (χ0n) is 14.3. The Morgan fingerprint density at radius 1 is 1.13 bits per heavy atom. The van der Waals surface area contributed by atoms with Gasteiger partial charge in [0.2, 0.25) is 11.8 Å². The second-order valence-electron chi connectivity index (χ2n) is 6.49. The lowest BCUT2D eigenvalue weighted by Gasteiger charge is -2.43. The highest BCUT2D eigenvalue weighted by Crippen LogP contribution is 2.28. The zero-order chi connectivity index (χ0) is 17.3. The SMILES string of the molecule is Cc1ccc(C(=O)N[C@H](C)[C@H](C)C(=O)N2C(=O)[C@@H](C)[C@H]2C)cc1. The second kappa shape index (κ2) is 6.52. The number of hydrogen-bond acceptors (Lipinski definition) is 3. The number of benzene rings is 1. The number of aryl methyl sites for hydroxylation is 1. The maximum atomic E-state index is 12.4. The lowest BCUT2D eigenvalue weighted by atomic mass is 9.88. The van der Waals surface area contributed by atoms with E-state index >= 15 is 0 Å². The first-order valence-electron chi connectivity index (χ1n) is 7.98. The van der Waals surface area contributed by atoms with E-state index in [9.17, 15) is 14.4 Å². The Balaban J connectivity index is 1.98. The Labute approximate surface area is 137 Å². The van der Waals surface area contributed by atoms with Crippen molar-refractivity contribution >= 4 is 17.7 Å². The van der Waals surface area contributed by atoms with Crippen LogP contribution in [-0.2, 0) is 9.59 Å². The van der Waals surface area contributed by atoms with E-state index in [0.29, 0.717) is 5.56 Å². The molecule has 1 aliphatic heterocycles. The van der Waals surface area contributed by atoms with Crippen LogP contribution in [0.4, 0.5) is 0 Å². The van der Waals surface area contributed by atoms with Gasteiger partial charge in [0.25, 0.3) is 5.91 Å². The molecule has 5 nitrogen and oxygen atoms in total. The Morgan fingerprint density at radius 3 is 2.22 bits per heavy atom. The monoisotopic (exact) mass is 316 g/mol. The molecular weight excluding hydrogens is 292 g/mol. The van der Waals surface area contributed by atoms with Crippen LogP contribution >= 0.6 is 0 Å². The summed E-state index contributed by atoms with van der Waals surface area (Å²) in [6.45, 7) is 9.17. The summed E-state index contributed by atoms with van der Waals surface area (Å²) in [6.07, 6.45) is 0. The van der Waals surface area contributed by atoms with E-state index in [-0.39, 0.29) is 35.7 Å². The van der Waals surface area contributed by atoms with Crippen LogP contribution < -0.4 is 5.32 Å². The highest BCUT2D eigenvalue weighted by molar-refractivity contribution is 6.03. The number of rotatable bonds is 4. The molecule has 1 aromatic carbocycles. The molecule has 124 valence electrons. The smallest absolute Gasteiger partial charge is 0.251 e. The van der Waals surface area contributed by atoms with E-state index < -0.39 is 5.92 Å². The van der Waals surface area contributed by atoms with Gasteiger partial charge < -0.3 is 5.32 Å². The van der Waals surface area contributed by atoms with Crippen molar-refractivity contribution in [2.45, 2.75) is 46.7 Å². The third-order valence-electron chi connectivity index (χ3n) is 4.81. The first kappa shape index (κ1) is 17.2. The number of β-lactam (4-membered cyclic amide) rings is 1. The van der Waals surface area contributed by atoms with Gasteiger partial charge in [-0.3, -0.25) is 19.3 Å². The average molecular weight is 316 g/mol. The van der Waals surface area contributed by atoms with Crippen LogP contribution in [-0.4, -0.2) is 34.7 Å². The fourth-order valence-electron chi connectivity index (χ4n) is 2.63. The molecule has 0 aliphatic carbocycles.